The van der Waals surface area contributed by atoms with Gasteiger partial charge in [-0.1, -0.05) is 19.1 Å². The maximum Gasteiger partial charge on any atom is 0.230 e. The minimum Gasteiger partial charge on any atom is -0.351 e. The van der Waals surface area contributed by atoms with Crippen LogP contribution in [0.3, 0.4) is 0 Å². The van der Waals surface area contributed by atoms with E-state index in [4.69, 9.17) is 0 Å². The summed E-state index contributed by atoms with van der Waals surface area (Å²) in [6.45, 7) is 2.41. The zero-order chi connectivity index (χ0) is 17.2. The number of hydrogen-bond acceptors (Lipinski definition) is 4. The van der Waals surface area contributed by atoms with E-state index in [1.165, 1.54) is 11.8 Å². The second-order valence-electron chi connectivity index (χ2n) is 5.25. The number of anilines is 1. The first-order chi connectivity index (χ1) is 11.7. The maximum atomic E-state index is 11.9. The van der Waals surface area contributed by atoms with Crippen LogP contribution in [0.25, 0.3) is 0 Å². The molecular weight excluding hydrogens is 322 g/mol. The average Bonchev–Trinajstić information content (AvgIpc) is 2.59. The van der Waals surface area contributed by atoms with Crippen molar-refractivity contribution in [3.8, 4) is 0 Å². The highest BCUT2D eigenvalue weighted by atomic mass is 32.2. The summed E-state index contributed by atoms with van der Waals surface area (Å²) in [5.41, 5.74) is 1.71. The summed E-state index contributed by atoms with van der Waals surface area (Å²) < 4.78 is 0. The number of amides is 2. The molecular formula is C18H21N3O2S. The number of hydrogen-bond donors (Lipinski definition) is 2. The minimum atomic E-state index is -0.0303. The number of pyridine rings is 1. The van der Waals surface area contributed by atoms with Crippen LogP contribution in [-0.4, -0.2) is 22.6 Å². The first-order valence-corrected chi connectivity index (χ1v) is 8.84. The summed E-state index contributed by atoms with van der Waals surface area (Å²) in [4.78, 5) is 28.5. The molecule has 0 saturated heterocycles. The Morgan fingerprint density at radius 3 is 2.67 bits per heavy atom. The third-order valence-corrected chi connectivity index (χ3v) is 4.21. The fourth-order valence-electron chi connectivity index (χ4n) is 2.04. The molecule has 0 aliphatic heterocycles. The summed E-state index contributed by atoms with van der Waals surface area (Å²) in [6, 6.07) is 11.3. The van der Waals surface area contributed by atoms with Crippen molar-refractivity contribution in [3.63, 3.8) is 0 Å². The lowest BCUT2D eigenvalue weighted by molar-refractivity contribution is -0.119. The summed E-state index contributed by atoms with van der Waals surface area (Å²) >= 11 is 1.47. The SMILES string of the molecule is CCCC(=O)Nc1cccc(CNC(=O)CSc2ccncc2)c1. The Balaban J connectivity index is 1.79. The van der Waals surface area contributed by atoms with Gasteiger partial charge in [0.15, 0.2) is 0 Å². The summed E-state index contributed by atoms with van der Waals surface area (Å²) in [7, 11) is 0. The van der Waals surface area contributed by atoms with E-state index in [-0.39, 0.29) is 11.8 Å². The number of aromatic nitrogens is 1. The maximum absolute atomic E-state index is 11.9. The highest BCUT2D eigenvalue weighted by Gasteiger charge is 2.05. The number of nitrogens with zero attached hydrogens (tertiary/aromatic N) is 1. The van der Waals surface area contributed by atoms with Crippen molar-refractivity contribution in [1.82, 2.24) is 10.3 Å². The average molecular weight is 343 g/mol. The van der Waals surface area contributed by atoms with E-state index in [1.807, 2.05) is 43.3 Å². The van der Waals surface area contributed by atoms with Gasteiger partial charge in [0.2, 0.25) is 11.8 Å². The molecule has 24 heavy (non-hydrogen) atoms. The Morgan fingerprint density at radius 1 is 1.12 bits per heavy atom. The van der Waals surface area contributed by atoms with Crippen molar-refractivity contribution in [2.24, 2.45) is 0 Å². The van der Waals surface area contributed by atoms with Gasteiger partial charge >= 0.3 is 0 Å². The Labute approximate surface area is 146 Å². The van der Waals surface area contributed by atoms with Gasteiger partial charge in [0, 0.05) is 35.9 Å². The smallest absolute Gasteiger partial charge is 0.230 e. The van der Waals surface area contributed by atoms with E-state index in [9.17, 15) is 9.59 Å². The van der Waals surface area contributed by atoms with Crippen molar-refractivity contribution in [2.45, 2.75) is 31.2 Å². The van der Waals surface area contributed by atoms with Crippen molar-refractivity contribution in [3.05, 3.63) is 54.4 Å². The molecule has 0 saturated carbocycles. The zero-order valence-corrected chi connectivity index (χ0v) is 14.4. The van der Waals surface area contributed by atoms with E-state index in [2.05, 4.69) is 15.6 Å². The number of thioether (sulfide) groups is 1. The zero-order valence-electron chi connectivity index (χ0n) is 13.6. The minimum absolute atomic E-state index is 0.00689. The van der Waals surface area contributed by atoms with Crippen molar-refractivity contribution in [1.29, 1.82) is 0 Å². The molecule has 1 aromatic carbocycles. The van der Waals surface area contributed by atoms with Gasteiger partial charge in [-0.2, -0.15) is 0 Å². The molecule has 6 heteroatoms. The van der Waals surface area contributed by atoms with Crippen LogP contribution in [0.15, 0.2) is 53.7 Å². The van der Waals surface area contributed by atoms with Crippen LogP contribution >= 0.6 is 11.8 Å². The largest absolute Gasteiger partial charge is 0.351 e. The van der Waals surface area contributed by atoms with Crippen molar-refractivity contribution >= 4 is 29.3 Å². The van der Waals surface area contributed by atoms with Gasteiger partial charge in [-0.25, -0.2) is 0 Å². The van der Waals surface area contributed by atoms with Crippen LogP contribution < -0.4 is 10.6 Å². The van der Waals surface area contributed by atoms with Crippen LogP contribution in [-0.2, 0) is 16.1 Å². The van der Waals surface area contributed by atoms with E-state index >= 15 is 0 Å². The lowest BCUT2D eigenvalue weighted by Gasteiger charge is -2.08. The number of benzene rings is 1. The predicted molar refractivity (Wildman–Crippen MR) is 96.8 cm³/mol. The molecule has 2 amide bonds. The number of carbonyl (C=O) groups excluding carboxylic acids is 2. The lowest BCUT2D eigenvalue weighted by Crippen LogP contribution is -2.24. The van der Waals surface area contributed by atoms with E-state index in [1.54, 1.807) is 12.4 Å². The first kappa shape index (κ1) is 18.0. The Morgan fingerprint density at radius 2 is 1.92 bits per heavy atom. The highest BCUT2D eigenvalue weighted by molar-refractivity contribution is 8.00. The predicted octanol–water partition coefficient (Wildman–Crippen LogP) is 3.23. The van der Waals surface area contributed by atoms with Gasteiger partial charge in [-0.3, -0.25) is 14.6 Å². The molecule has 126 valence electrons. The molecule has 0 aliphatic carbocycles. The van der Waals surface area contributed by atoms with Crippen LogP contribution in [0, 0.1) is 0 Å². The van der Waals surface area contributed by atoms with Gasteiger partial charge in [0.1, 0.15) is 0 Å². The highest BCUT2D eigenvalue weighted by Crippen LogP contribution is 2.16. The summed E-state index contributed by atoms with van der Waals surface area (Å²) in [5, 5.41) is 5.74. The standard InChI is InChI=1S/C18H21N3O2S/c1-2-4-17(22)21-15-6-3-5-14(11-15)12-20-18(23)13-24-16-7-9-19-10-8-16/h3,5-11H,2,4,12-13H2,1H3,(H,20,23)(H,21,22). The molecule has 0 aliphatic rings. The molecule has 0 spiro atoms. The number of carbonyl (C=O) groups is 2. The third kappa shape index (κ3) is 6.42. The van der Waals surface area contributed by atoms with Crippen LogP contribution in [0.1, 0.15) is 25.3 Å². The molecule has 2 rings (SSSR count). The summed E-state index contributed by atoms with van der Waals surface area (Å²) in [5.74, 6) is 0.335. The van der Waals surface area contributed by atoms with Crippen LogP contribution in [0.2, 0.25) is 0 Å². The van der Waals surface area contributed by atoms with Gasteiger partial charge in [-0.15, -0.1) is 11.8 Å². The third-order valence-electron chi connectivity index (χ3n) is 3.20. The molecule has 5 nitrogen and oxygen atoms in total. The Bertz CT molecular complexity index is 677. The molecule has 1 aromatic heterocycles. The summed E-state index contributed by atoms with van der Waals surface area (Å²) in [6.07, 6.45) is 4.74. The fourth-order valence-corrected chi connectivity index (χ4v) is 2.76. The molecule has 0 fully saturated rings. The van der Waals surface area contributed by atoms with E-state index in [0.717, 1.165) is 22.6 Å². The van der Waals surface area contributed by atoms with Crippen LogP contribution in [0.5, 0.6) is 0 Å². The second-order valence-corrected chi connectivity index (χ2v) is 6.30. The molecule has 1 heterocycles. The van der Waals surface area contributed by atoms with Gasteiger partial charge < -0.3 is 10.6 Å². The van der Waals surface area contributed by atoms with Gasteiger partial charge in [0.25, 0.3) is 0 Å². The Kier molecular flexibility index (Phi) is 7.29. The fraction of sp³-hybridized carbons (Fsp3) is 0.278. The molecule has 0 bridgehead atoms. The topological polar surface area (TPSA) is 71.1 Å². The van der Waals surface area contributed by atoms with Gasteiger partial charge in [-0.05, 0) is 36.2 Å². The monoisotopic (exact) mass is 343 g/mol. The van der Waals surface area contributed by atoms with Crippen molar-refractivity contribution < 1.29 is 9.59 Å². The Hall–Kier alpha value is -2.34. The quantitative estimate of drug-likeness (QED) is 0.722. The van der Waals surface area contributed by atoms with Crippen LogP contribution in [0.4, 0.5) is 5.69 Å². The van der Waals surface area contributed by atoms with Crippen molar-refractivity contribution in [2.75, 3.05) is 11.1 Å². The van der Waals surface area contributed by atoms with Gasteiger partial charge in [0.05, 0.1) is 5.75 Å². The van der Waals surface area contributed by atoms with E-state index in [0.29, 0.717) is 18.7 Å². The number of nitrogens with one attached hydrogen (secondary N) is 2. The first-order valence-electron chi connectivity index (χ1n) is 7.85. The molecule has 0 atom stereocenters. The molecule has 0 unspecified atom stereocenters. The normalized spacial score (nSPS) is 10.2. The second kappa shape index (κ2) is 9.72. The molecule has 2 N–H and O–H groups in total. The number of rotatable bonds is 8. The molecule has 2 aromatic rings. The lowest BCUT2D eigenvalue weighted by atomic mass is 10.2. The van der Waals surface area contributed by atoms with E-state index < -0.39 is 0 Å². The molecule has 0 radical (unpaired) electrons.